The Morgan fingerprint density at radius 3 is 2.87 bits per heavy atom. The quantitative estimate of drug-likeness (QED) is 0.563. The standard InChI is InChI=1S/C16H20N2O5/c1-11(20)12-3-4-14-13(9-12)18(16(22)10-23-14)7-5-15(21)17-6-2-8-19/h3-4,9,19H,2,5-8,10H2,1H3,(H,17,21). The number of Topliss-reactive ketones (excluding diaryl/α,β-unsaturated/α-hetero) is 1. The minimum Gasteiger partial charge on any atom is -0.482 e. The van der Waals surface area contributed by atoms with Gasteiger partial charge in [0.1, 0.15) is 5.75 Å². The van der Waals surface area contributed by atoms with Crippen molar-refractivity contribution in [3.8, 4) is 5.75 Å². The molecule has 23 heavy (non-hydrogen) atoms. The largest absolute Gasteiger partial charge is 0.482 e. The molecular formula is C16H20N2O5. The molecule has 7 nitrogen and oxygen atoms in total. The Kier molecular flexibility index (Phi) is 5.70. The highest BCUT2D eigenvalue weighted by atomic mass is 16.5. The summed E-state index contributed by atoms with van der Waals surface area (Å²) in [7, 11) is 0. The van der Waals surface area contributed by atoms with E-state index in [2.05, 4.69) is 5.32 Å². The molecule has 1 aliphatic heterocycles. The van der Waals surface area contributed by atoms with E-state index in [0.29, 0.717) is 30.0 Å². The number of benzene rings is 1. The zero-order valence-corrected chi connectivity index (χ0v) is 13.0. The molecule has 1 aromatic carbocycles. The number of ketones is 1. The molecule has 124 valence electrons. The lowest BCUT2D eigenvalue weighted by Gasteiger charge is -2.29. The van der Waals surface area contributed by atoms with Gasteiger partial charge in [0.25, 0.3) is 5.91 Å². The molecule has 0 radical (unpaired) electrons. The van der Waals surface area contributed by atoms with Crippen molar-refractivity contribution in [2.45, 2.75) is 19.8 Å². The van der Waals surface area contributed by atoms with E-state index in [1.165, 1.54) is 11.8 Å². The normalized spacial score (nSPS) is 13.3. The molecule has 2 amide bonds. The van der Waals surface area contributed by atoms with Crippen molar-refractivity contribution >= 4 is 23.3 Å². The zero-order chi connectivity index (χ0) is 16.8. The topological polar surface area (TPSA) is 95.9 Å². The van der Waals surface area contributed by atoms with E-state index in [0.717, 1.165) is 0 Å². The maximum absolute atomic E-state index is 12.1. The fourth-order valence-electron chi connectivity index (χ4n) is 2.27. The van der Waals surface area contributed by atoms with Crippen molar-refractivity contribution in [2.24, 2.45) is 0 Å². The van der Waals surface area contributed by atoms with Crippen LogP contribution in [0.5, 0.6) is 5.75 Å². The van der Waals surface area contributed by atoms with E-state index < -0.39 is 0 Å². The summed E-state index contributed by atoms with van der Waals surface area (Å²) in [5.41, 5.74) is 0.997. The first kappa shape index (κ1) is 17.0. The Bertz CT molecular complexity index is 614. The molecule has 0 saturated carbocycles. The van der Waals surface area contributed by atoms with Crippen molar-refractivity contribution in [1.29, 1.82) is 0 Å². The zero-order valence-electron chi connectivity index (χ0n) is 13.0. The first-order valence-electron chi connectivity index (χ1n) is 7.48. The van der Waals surface area contributed by atoms with Gasteiger partial charge in [-0.3, -0.25) is 14.4 Å². The minimum absolute atomic E-state index is 0.0173. The Hall–Kier alpha value is -2.41. The first-order chi connectivity index (χ1) is 11.0. The average molecular weight is 320 g/mol. The fraction of sp³-hybridized carbons (Fsp3) is 0.438. The fourth-order valence-corrected chi connectivity index (χ4v) is 2.27. The molecule has 0 spiro atoms. The molecule has 7 heteroatoms. The van der Waals surface area contributed by atoms with Crippen molar-refractivity contribution in [3.63, 3.8) is 0 Å². The van der Waals surface area contributed by atoms with Gasteiger partial charge in [0, 0.05) is 31.7 Å². The third-order valence-electron chi connectivity index (χ3n) is 3.53. The molecule has 2 rings (SSSR count). The van der Waals surface area contributed by atoms with Crippen LogP contribution < -0.4 is 15.0 Å². The number of amides is 2. The predicted octanol–water partition coefficient (Wildman–Crippen LogP) is 0.503. The third kappa shape index (κ3) is 4.29. The monoisotopic (exact) mass is 320 g/mol. The Morgan fingerprint density at radius 1 is 1.39 bits per heavy atom. The van der Waals surface area contributed by atoms with Crippen LogP contribution in [0.1, 0.15) is 30.1 Å². The molecular weight excluding hydrogens is 300 g/mol. The summed E-state index contributed by atoms with van der Waals surface area (Å²) in [6, 6.07) is 4.92. The van der Waals surface area contributed by atoms with Gasteiger partial charge in [0.15, 0.2) is 12.4 Å². The van der Waals surface area contributed by atoms with Crippen LogP contribution in [0, 0.1) is 0 Å². The van der Waals surface area contributed by atoms with Gasteiger partial charge in [-0.25, -0.2) is 0 Å². The SMILES string of the molecule is CC(=O)c1ccc2c(c1)N(CCC(=O)NCCCO)C(=O)CO2. The molecule has 0 bridgehead atoms. The summed E-state index contributed by atoms with van der Waals surface area (Å²) < 4.78 is 5.36. The number of aliphatic hydroxyl groups is 1. The Balaban J connectivity index is 2.07. The van der Waals surface area contributed by atoms with Gasteiger partial charge in [0.05, 0.1) is 5.69 Å². The summed E-state index contributed by atoms with van der Waals surface area (Å²) in [6.07, 6.45) is 0.633. The maximum Gasteiger partial charge on any atom is 0.265 e. The van der Waals surface area contributed by atoms with Crippen molar-refractivity contribution in [1.82, 2.24) is 5.32 Å². The molecule has 1 aliphatic rings. The third-order valence-corrected chi connectivity index (χ3v) is 3.53. The van der Waals surface area contributed by atoms with Crippen LogP contribution in [0.2, 0.25) is 0 Å². The number of anilines is 1. The first-order valence-corrected chi connectivity index (χ1v) is 7.48. The lowest BCUT2D eigenvalue weighted by atomic mass is 10.1. The number of aliphatic hydroxyl groups excluding tert-OH is 1. The summed E-state index contributed by atoms with van der Waals surface area (Å²) in [5.74, 6) is -0.0221. The van der Waals surface area contributed by atoms with Crippen LogP contribution in [-0.2, 0) is 9.59 Å². The van der Waals surface area contributed by atoms with Crippen LogP contribution in [-0.4, -0.2) is 49.0 Å². The van der Waals surface area contributed by atoms with Crippen LogP contribution >= 0.6 is 0 Å². The van der Waals surface area contributed by atoms with E-state index in [-0.39, 0.29) is 43.8 Å². The number of fused-ring (bicyclic) bond motifs is 1. The molecule has 0 atom stereocenters. The van der Waals surface area contributed by atoms with Gasteiger partial charge in [-0.1, -0.05) is 0 Å². The summed E-state index contributed by atoms with van der Waals surface area (Å²) in [6.45, 7) is 1.99. The average Bonchev–Trinajstić information content (AvgIpc) is 2.53. The number of rotatable bonds is 7. The second-order valence-corrected chi connectivity index (χ2v) is 5.25. The van der Waals surface area contributed by atoms with Gasteiger partial charge < -0.3 is 20.1 Å². The van der Waals surface area contributed by atoms with Crippen molar-refractivity contribution < 1.29 is 24.2 Å². The van der Waals surface area contributed by atoms with E-state index >= 15 is 0 Å². The summed E-state index contributed by atoms with van der Waals surface area (Å²) in [4.78, 5) is 36.8. The van der Waals surface area contributed by atoms with Crippen molar-refractivity contribution in [3.05, 3.63) is 23.8 Å². The van der Waals surface area contributed by atoms with Crippen LogP contribution in [0.25, 0.3) is 0 Å². The Labute approximate surface area is 134 Å². The second kappa shape index (κ2) is 7.73. The maximum atomic E-state index is 12.1. The number of ether oxygens (including phenoxy) is 1. The predicted molar refractivity (Wildman–Crippen MR) is 83.6 cm³/mol. The lowest BCUT2D eigenvalue weighted by molar-refractivity contribution is -0.122. The van der Waals surface area contributed by atoms with E-state index in [9.17, 15) is 14.4 Å². The molecule has 0 unspecified atom stereocenters. The molecule has 0 fully saturated rings. The van der Waals surface area contributed by atoms with Crippen LogP contribution in [0.3, 0.4) is 0 Å². The number of carbonyl (C=O) groups is 3. The Morgan fingerprint density at radius 2 is 2.17 bits per heavy atom. The van der Waals surface area contributed by atoms with Crippen molar-refractivity contribution in [2.75, 3.05) is 31.2 Å². The highest BCUT2D eigenvalue weighted by molar-refractivity contribution is 6.01. The number of hydrogen-bond donors (Lipinski definition) is 2. The van der Waals surface area contributed by atoms with Crippen LogP contribution in [0.4, 0.5) is 5.69 Å². The van der Waals surface area contributed by atoms with E-state index in [1.54, 1.807) is 18.2 Å². The second-order valence-electron chi connectivity index (χ2n) is 5.25. The highest BCUT2D eigenvalue weighted by Crippen LogP contribution is 2.33. The molecule has 1 heterocycles. The van der Waals surface area contributed by atoms with E-state index in [4.69, 9.17) is 9.84 Å². The number of nitrogens with one attached hydrogen (secondary N) is 1. The van der Waals surface area contributed by atoms with Gasteiger partial charge >= 0.3 is 0 Å². The smallest absolute Gasteiger partial charge is 0.265 e. The summed E-state index contributed by atoms with van der Waals surface area (Å²) in [5, 5.41) is 11.4. The molecule has 0 saturated heterocycles. The molecule has 1 aromatic rings. The van der Waals surface area contributed by atoms with Crippen LogP contribution in [0.15, 0.2) is 18.2 Å². The van der Waals surface area contributed by atoms with Gasteiger partial charge in [0.2, 0.25) is 5.91 Å². The lowest BCUT2D eigenvalue weighted by Crippen LogP contribution is -2.41. The van der Waals surface area contributed by atoms with Gasteiger partial charge in [-0.15, -0.1) is 0 Å². The molecule has 0 aliphatic carbocycles. The molecule has 0 aromatic heterocycles. The minimum atomic E-state index is -0.249. The van der Waals surface area contributed by atoms with Gasteiger partial charge in [-0.2, -0.15) is 0 Å². The van der Waals surface area contributed by atoms with E-state index in [1.807, 2.05) is 0 Å². The number of hydrogen-bond acceptors (Lipinski definition) is 5. The van der Waals surface area contributed by atoms with Gasteiger partial charge in [-0.05, 0) is 31.5 Å². The molecule has 2 N–H and O–H groups in total. The number of carbonyl (C=O) groups excluding carboxylic acids is 3. The highest BCUT2D eigenvalue weighted by Gasteiger charge is 2.26. The number of nitrogens with zero attached hydrogens (tertiary/aromatic N) is 1. The summed E-state index contributed by atoms with van der Waals surface area (Å²) >= 11 is 0.